The molecule has 1 N–H and O–H groups in total. The molecule has 0 radical (unpaired) electrons. The molecular formula is C21H20N2O7. The van der Waals surface area contributed by atoms with E-state index in [-0.39, 0.29) is 6.42 Å². The molecule has 1 aliphatic rings. The van der Waals surface area contributed by atoms with E-state index in [9.17, 15) is 19.2 Å². The first-order chi connectivity index (χ1) is 14.4. The summed E-state index contributed by atoms with van der Waals surface area (Å²) in [5, 5.41) is 2.56. The highest BCUT2D eigenvalue weighted by Gasteiger charge is 2.32. The van der Waals surface area contributed by atoms with Crippen molar-refractivity contribution in [2.45, 2.75) is 6.42 Å². The summed E-state index contributed by atoms with van der Waals surface area (Å²) in [7, 11) is 2.94. The molecule has 2 aromatic carbocycles. The van der Waals surface area contributed by atoms with Crippen LogP contribution < -0.4 is 14.8 Å². The molecule has 3 rings (SSSR count). The number of esters is 1. The number of nitrogens with one attached hydrogen (secondary N) is 1. The molecule has 1 aliphatic heterocycles. The fourth-order valence-electron chi connectivity index (χ4n) is 2.97. The van der Waals surface area contributed by atoms with Crippen molar-refractivity contribution in [2.24, 2.45) is 0 Å². The molecule has 0 spiro atoms. The Balaban J connectivity index is 1.55. The van der Waals surface area contributed by atoms with Gasteiger partial charge in [0.05, 0.1) is 26.3 Å². The highest BCUT2D eigenvalue weighted by Crippen LogP contribution is 2.28. The largest absolute Gasteiger partial charge is 0.497 e. The summed E-state index contributed by atoms with van der Waals surface area (Å²) >= 11 is 0. The zero-order chi connectivity index (χ0) is 21.7. The van der Waals surface area contributed by atoms with E-state index in [4.69, 9.17) is 14.2 Å². The number of fused-ring (bicyclic) bond motifs is 1. The van der Waals surface area contributed by atoms with Crippen molar-refractivity contribution in [3.8, 4) is 11.5 Å². The molecule has 1 heterocycles. The monoisotopic (exact) mass is 412 g/mol. The molecule has 30 heavy (non-hydrogen) atoms. The molecule has 0 unspecified atom stereocenters. The van der Waals surface area contributed by atoms with E-state index >= 15 is 0 Å². The van der Waals surface area contributed by atoms with Gasteiger partial charge in [0.1, 0.15) is 18.0 Å². The highest BCUT2D eigenvalue weighted by atomic mass is 16.5. The van der Waals surface area contributed by atoms with Crippen molar-refractivity contribution in [3.63, 3.8) is 0 Å². The minimum atomic E-state index is -0.868. The van der Waals surface area contributed by atoms with Crippen LogP contribution in [0.25, 0.3) is 0 Å². The predicted molar refractivity (Wildman–Crippen MR) is 105 cm³/mol. The van der Waals surface area contributed by atoms with Crippen LogP contribution in [0, 0.1) is 0 Å². The van der Waals surface area contributed by atoms with Crippen LogP contribution in [0.1, 0.15) is 15.9 Å². The van der Waals surface area contributed by atoms with Crippen molar-refractivity contribution in [1.82, 2.24) is 4.90 Å². The zero-order valence-electron chi connectivity index (χ0n) is 16.5. The number of imide groups is 1. The van der Waals surface area contributed by atoms with E-state index in [1.165, 1.54) is 14.2 Å². The van der Waals surface area contributed by atoms with Crippen LogP contribution in [0.15, 0.2) is 42.5 Å². The number of anilines is 1. The average molecular weight is 412 g/mol. The number of hydrogen-bond acceptors (Lipinski definition) is 7. The van der Waals surface area contributed by atoms with Crippen LogP contribution >= 0.6 is 0 Å². The molecule has 3 amide bonds. The molecule has 2 aromatic rings. The van der Waals surface area contributed by atoms with Crippen LogP contribution in [-0.2, 0) is 25.5 Å². The Morgan fingerprint density at radius 3 is 2.57 bits per heavy atom. The number of benzene rings is 2. The maximum Gasteiger partial charge on any atom is 0.326 e. The molecule has 0 saturated heterocycles. The minimum absolute atomic E-state index is 0.0208. The van der Waals surface area contributed by atoms with Crippen LogP contribution in [0.3, 0.4) is 0 Å². The van der Waals surface area contributed by atoms with Gasteiger partial charge in [-0.05, 0) is 23.8 Å². The van der Waals surface area contributed by atoms with Gasteiger partial charge in [0.15, 0.2) is 6.61 Å². The van der Waals surface area contributed by atoms with Crippen molar-refractivity contribution in [2.75, 3.05) is 32.7 Å². The lowest BCUT2D eigenvalue weighted by Crippen LogP contribution is -2.45. The van der Waals surface area contributed by atoms with Gasteiger partial charge in [-0.3, -0.25) is 24.1 Å². The first-order valence-corrected chi connectivity index (χ1v) is 9.03. The molecule has 9 nitrogen and oxygen atoms in total. The summed E-state index contributed by atoms with van der Waals surface area (Å²) in [5.41, 5.74) is 1.36. The predicted octanol–water partition coefficient (Wildman–Crippen LogP) is 1.41. The smallest absolute Gasteiger partial charge is 0.326 e. The SMILES string of the molecule is COc1ccc(NC(=O)COC(=O)CN2C(=O)Cc3ccccc3C2=O)c(OC)c1. The average Bonchev–Trinajstić information content (AvgIpc) is 2.75. The Morgan fingerprint density at radius 2 is 1.83 bits per heavy atom. The normalized spacial score (nSPS) is 12.8. The van der Waals surface area contributed by atoms with Gasteiger partial charge in [-0.1, -0.05) is 18.2 Å². The molecule has 156 valence electrons. The number of carbonyl (C=O) groups excluding carboxylic acids is 4. The molecule has 9 heteroatoms. The van der Waals surface area contributed by atoms with Gasteiger partial charge >= 0.3 is 5.97 Å². The highest BCUT2D eigenvalue weighted by molar-refractivity contribution is 6.11. The number of rotatable bonds is 7. The first kappa shape index (κ1) is 20.8. The Morgan fingerprint density at radius 1 is 1.07 bits per heavy atom. The lowest BCUT2D eigenvalue weighted by molar-refractivity contribution is -0.150. The number of nitrogens with zero attached hydrogens (tertiary/aromatic N) is 1. The number of hydrogen-bond donors (Lipinski definition) is 1. The third kappa shape index (κ3) is 4.57. The minimum Gasteiger partial charge on any atom is -0.497 e. The second-order valence-corrected chi connectivity index (χ2v) is 6.39. The lowest BCUT2D eigenvalue weighted by atomic mass is 9.98. The van der Waals surface area contributed by atoms with E-state index in [0.29, 0.717) is 28.3 Å². The van der Waals surface area contributed by atoms with Gasteiger partial charge in [-0.25, -0.2) is 0 Å². The van der Waals surface area contributed by atoms with Crippen LogP contribution in [0.4, 0.5) is 5.69 Å². The third-order valence-electron chi connectivity index (χ3n) is 4.47. The summed E-state index contributed by atoms with van der Waals surface area (Å²) in [5.74, 6) is -1.61. The van der Waals surface area contributed by atoms with Crippen molar-refractivity contribution < 1.29 is 33.4 Å². The molecule has 0 atom stereocenters. The van der Waals surface area contributed by atoms with Gasteiger partial charge in [0, 0.05) is 11.6 Å². The van der Waals surface area contributed by atoms with E-state index < -0.39 is 36.8 Å². The topological polar surface area (TPSA) is 111 Å². The zero-order valence-corrected chi connectivity index (χ0v) is 16.5. The van der Waals surface area contributed by atoms with Crippen LogP contribution in [0.2, 0.25) is 0 Å². The Hall–Kier alpha value is -3.88. The van der Waals surface area contributed by atoms with Gasteiger partial charge < -0.3 is 19.5 Å². The van der Waals surface area contributed by atoms with E-state index in [1.54, 1.807) is 42.5 Å². The Bertz CT molecular complexity index is 1000. The van der Waals surface area contributed by atoms with Gasteiger partial charge in [0.2, 0.25) is 5.91 Å². The van der Waals surface area contributed by atoms with Gasteiger partial charge in [0.25, 0.3) is 11.8 Å². The third-order valence-corrected chi connectivity index (χ3v) is 4.47. The number of methoxy groups -OCH3 is 2. The molecular weight excluding hydrogens is 392 g/mol. The summed E-state index contributed by atoms with van der Waals surface area (Å²) in [6.07, 6.45) is 0.0208. The van der Waals surface area contributed by atoms with E-state index in [0.717, 1.165) is 4.90 Å². The second-order valence-electron chi connectivity index (χ2n) is 6.39. The number of carbonyl (C=O) groups is 4. The van der Waals surface area contributed by atoms with Gasteiger partial charge in [-0.2, -0.15) is 0 Å². The van der Waals surface area contributed by atoms with E-state index in [2.05, 4.69) is 5.32 Å². The summed E-state index contributed by atoms with van der Waals surface area (Å²) in [4.78, 5) is 49.7. The maximum absolute atomic E-state index is 12.5. The number of amides is 3. The Kier molecular flexibility index (Phi) is 6.31. The maximum atomic E-state index is 12.5. The fourth-order valence-corrected chi connectivity index (χ4v) is 2.97. The summed E-state index contributed by atoms with van der Waals surface area (Å²) in [6.45, 7) is -1.15. The quantitative estimate of drug-likeness (QED) is 0.541. The molecule has 0 aliphatic carbocycles. The Labute approximate surface area is 172 Å². The first-order valence-electron chi connectivity index (χ1n) is 9.03. The summed E-state index contributed by atoms with van der Waals surface area (Å²) in [6, 6.07) is 11.5. The van der Waals surface area contributed by atoms with Crippen molar-refractivity contribution in [3.05, 3.63) is 53.6 Å². The summed E-state index contributed by atoms with van der Waals surface area (Å²) < 4.78 is 15.2. The van der Waals surface area contributed by atoms with Crippen LogP contribution in [0.5, 0.6) is 11.5 Å². The number of ether oxygens (including phenoxy) is 3. The fraction of sp³-hybridized carbons (Fsp3) is 0.238. The second kappa shape index (κ2) is 9.08. The van der Waals surface area contributed by atoms with E-state index in [1.807, 2.05) is 0 Å². The molecule has 0 saturated carbocycles. The lowest BCUT2D eigenvalue weighted by Gasteiger charge is -2.25. The van der Waals surface area contributed by atoms with Crippen LogP contribution in [-0.4, -0.2) is 56.0 Å². The molecule has 0 bridgehead atoms. The van der Waals surface area contributed by atoms with Crippen molar-refractivity contribution >= 4 is 29.4 Å². The standard InChI is InChI=1S/C21H20N2O7/c1-28-14-7-8-16(17(10-14)29-2)22-18(24)12-30-20(26)11-23-19(25)9-13-5-3-4-6-15(13)21(23)27/h3-8,10H,9,11-12H2,1-2H3,(H,22,24). The van der Waals surface area contributed by atoms with Crippen molar-refractivity contribution in [1.29, 1.82) is 0 Å². The van der Waals surface area contributed by atoms with Gasteiger partial charge in [-0.15, -0.1) is 0 Å². The molecule has 0 fully saturated rings. The molecule has 0 aromatic heterocycles.